The summed E-state index contributed by atoms with van der Waals surface area (Å²) >= 11 is 0. The number of carbonyl (C=O) groups excluding carboxylic acids is 1. The topological polar surface area (TPSA) is 132 Å². The van der Waals surface area contributed by atoms with Crippen molar-refractivity contribution in [1.29, 1.82) is 0 Å². The minimum Gasteiger partial charge on any atom is -0.467 e. The molecular weight excluding hydrogens is 486 g/mol. The van der Waals surface area contributed by atoms with Crippen LogP contribution in [0.5, 0.6) is 5.75 Å². The molecule has 1 aromatic heterocycles. The Morgan fingerprint density at radius 2 is 1.69 bits per heavy atom. The van der Waals surface area contributed by atoms with Gasteiger partial charge in [-0.3, -0.25) is 10.1 Å². The first kappa shape index (κ1) is 23.0. The van der Waals surface area contributed by atoms with Gasteiger partial charge in [-0.05, 0) is 60.7 Å². The number of ether oxygens (including phenoxy) is 1. The van der Waals surface area contributed by atoms with E-state index < -0.39 is 20.9 Å². The molecule has 4 aromatic rings. The van der Waals surface area contributed by atoms with Gasteiger partial charge in [0, 0.05) is 23.4 Å². The van der Waals surface area contributed by atoms with Crippen molar-refractivity contribution in [3.63, 3.8) is 0 Å². The van der Waals surface area contributed by atoms with Gasteiger partial charge in [-0.15, -0.1) is 4.40 Å². The third-order valence-corrected chi connectivity index (χ3v) is 6.76. The van der Waals surface area contributed by atoms with Gasteiger partial charge >= 0.3 is 5.97 Å². The zero-order chi connectivity index (χ0) is 25.3. The van der Waals surface area contributed by atoms with E-state index in [4.69, 9.17) is 9.15 Å². The third-order valence-electron chi connectivity index (χ3n) is 5.44. The van der Waals surface area contributed by atoms with Crippen molar-refractivity contribution in [2.45, 2.75) is 11.4 Å². The second-order valence-corrected chi connectivity index (χ2v) is 9.31. The maximum absolute atomic E-state index is 12.6. The molecule has 0 aliphatic carbocycles. The third kappa shape index (κ3) is 4.46. The second kappa shape index (κ2) is 9.12. The Labute approximate surface area is 205 Å². The lowest BCUT2D eigenvalue weighted by atomic mass is 10.1. The van der Waals surface area contributed by atoms with Crippen LogP contribution in [0.1, 0.15) is 21.7 Å². The van der Waals surface area contributed by atoms with Gasteiger partial charge in [0.05, 0.1) is 23.3 Å². The molecule has 10 nitrogen and oxygen atoms in total. The molecule has 0 saturated heterocycles. The van der Waals surface area contributed by atoms with Gasteiger partial charge in [0.25, 0.3) is 15.7 Å². The van der Waals surface area contributed by atoms with Crippen LogP contribution >= 0.6 is 0 Å². The molecule has 36 heavy (non-hydrogen) atoms. The fourth-order valence-corrected chi connectivity index (χ4v) is 4.92. The van der Waals surface area contributed by atoms with Crippen LogP contribution in [0.4, 0.5) is 11.4 Å². The minimum absolute atomic E-state index is 0.123. The number of amidine groups is 1. The Kier molecular flexibility index (Phi) is 5.82. The molecule has 0 unspecified atom stereocenters. The monoisotopic (exact) mass is 503 g/mol. The molecular formula is C25H17N3O7S. The lowest BCUT2D eigenvalue weighted by molar-refractivity contribution is -0.384. The number of nitrogens with zero attached hydrogens (tertiary/aromatic N) is 3. The second-order valence-electron chi connectivity index (χ2n) is 7.74. The molecule has 2 heterocycles. The van der Waals surface area contributed by atoms with E-state index >= 15 is 0 Å². The quantitative estimate of drug-likeness (QED) is 0.162. The fourth-order valence-electron chi connectivity index (χ4n) is 3.71. The van der Waals surface area contributed by atoms with Crippen molar-refractivity contribution in [2.24, 2.45) is 4.40 Å². The fraction of sp³-hybridized carbons (Fsp3) is 0.0400. The number of carbonyl (C=O) groups is 1. The zero-order valence-electron chi connectivity index (χ0n) is 18.5. The summed E-state index contributed by atoms with van der Waals surface area (Å²) in [5.74, 6) is 0.400. The number of rotatable bonds is 6. The number of nitro groups is 1. The van der Waals surface area contributed by atoms with Gasteiger partial charge in [-0.25, -0.2) is 4.79 Å². The molecule has 0 fully saturated rings. The molecule has 0 N–H and O–H groups in total. The number of non-ortho nitro benzene ring substituents is 1. The summed E-state index contributed by atoms with van der Waals surface area (Å²) in [6, 6.07) is 21.6. The number of nitro benzene ring substituents is 1. The molecule has 0 spiro atoms. The maximum atomic E-state index is 12.6. The SMILES string of the molecule is O=C(Oc1ccc(N(Cc2ccco2)C2=NS(=O)(=O)c3ccccc32)cc1)c1ccc([N+](=O)[O-])cc1. The summed E-state index contributed by atoms with van der Waals surface area (Å²) in [4.78, 5) is 24.5. The van der Waals surface area contributed by atoms with Crippen molar-refractivity contribution in [1.82, 2.24) is 0 Å². The molecule has 3 aromatic carbocycles. The summed E-state index contributed by atoms with van der Waals surface area (Å²) in [6.45, 7) is 0.206. The predicted molar refractivity (Wildman–Crippen MR) is 130 cm³/mol. The lowest BCUT2D eigenvalue weighted by Crippen LogP contribution is -2.30. The number of benzene rings is 3. The molecule has 180 valence electrons. The van der Waals surface area contributed by atoms with E-state index in [2.05, 4.69) is 4.40 Å². The van der Waals surface area contributed by atoms with E-state index in [1.165, 1.54) is 36.6 Å². The molecule has 1 aliphatic rings. The first-order valence-corrected chi connectivity index (χ1v) is 12.1. The van der Waals surface area contributed by atoms with Gasteiger partial charge in [0.1, 0.15) is 16.4 Å². The zero-order valence-corrected chi connectivity index (χ0v) is 19.3. The molecule has 5 rings (SSSR count). The van der Waals surface area contributed by atoms with Gasteiger partial charge in [-0.2, -0.15) is 8.42 Å². The van der Waals surface area contributed by atoms with Gasteiger partial charge in [-0.1, -0.05) is 12.1 Å². The summed E-state index contributed by atoms with van der Waals surface area (Å²) in [7, 11) is -3.85. The number of hydrogen-bond acceptors (Lipinski definition) is 8. The standard InChI is InChI=1S/C25H17N3O7S/c29-25(17-7-9-19(10-8-17)28(30)31)35-20-13-11-18(12-14-20)27(16-21-4-3-15-34-21)24-22-5-1-2-6-23(22)36(32,33)26-24/h1-15H,16H2. The van der Waals surface area contributed by atoms with E-state index in [0.717, 1.165) is 0 Å². The molecule has 0 atom stereocenters. The van der Waals surface area contributed by atoms with E-state index in [1.807, 2.05) is 0 Å². The Bertz CT molecular complexity index is 1580. The maximum Gasteiger partial charge on any atom is 0.343 e. The molecule has 0 amide bonds. The van der Waals surface area contributed by atoms with E-state index in [1.54, 1.807) is 59.5 Å². The molecule has 11 heteroatoms. The smallest absolute Gasteiger partial charge is 0.343 e. The minimum atomic E-state index is -3.85. The Hall–Kier alpha value is -4.77. The first-order chi connectivity index (χ1) is 17.3. The van der Waals surface area contributed by atoms with Crippen molar-refractivity contribution in [2.75, 3.05) is 4.90 Å². The lowest BCUT2D eigenvalue weighted by Gasteiger charge is -2.24. The highest BCUT2D eigenvalue weighted by Gasteiger charge is 2.32. The van der Waals surface area contributed by atoms with Crippen LogP contribution in [0.2, 0.25) is 0 Å². The van der Waals surface area contributed by atoms with E-state index in [0.29, 0.717) is 17.0 Å². The number of fused-ring (bicyclic) bond motifs is 1. The highest BCUT2D eigenvalue weighted by molar-refractivity contribution is 7.90. The number of esters is 1. The van der Waals surface area contributed by atoms with Crippen LogP contribution in [0.15, 0.2) is 105 Å². The average molecular weight is 503 g/mol. The average Bonchev–Trinajstić information content (AvgIpc) is 3.49. The Balaban J connectivity index is 1.42. The predicted octanol–water partition coefficient (Wildman–Crippen LogP) is 4.56. The van der Waals surface area contributed by atoms with Crippen LogP contribution in [0.3, 0.4) is 0 Å². The van der Waals surface area contributed by atoms with Gasteiger partial charge in [0.2, 0.25) is 0 Å². The Morgan fingerprint density at radius 1 is 0.972 bits per heavy atom. The largest absolute Gasteiger partial charge is 0.467 e. The number of hydrogen-bond donors (Lipinski definition) is 0. The summed E-state index contributed by atoms with van der Waals surface area (Å²) in [5.41, 5.74) is 1.09. The van der Waals surface area contributed by atoms with Crippen LogP contribution in [-0.2, 0) is 16.6 Å². The number of furan rings is 1. The normalized spacial score (nSPS) is 13.5. The van der Waals surface area contributed by atoms with Gasteiger partial charge < -0.3 is 14.1 Å². The highest BCUT2D eigenvalue weighted by Crippen LogP contribution is 2.32. The van der Waals surface area contributed by atoms with Crippen molar-refractivity contribution in [3.8, 4) is 5.75 Å². The summed E-state index contributed by atoms with van der Waals surface area (Å²) in [5, 5.41) is 10.8. The van der Waals surface area contributed by atoms with E-state index in [9.17, 15) is 23.3 Å². The first-order valence-electron chi connectivity index (χ1n) is 10.6. The van der Waals surface area contributed by atoms with E-state index in [-0.39, 0.29) is 34.3 Å². The van der Waals surface area contributed by atoms with Crippen molar-refractivity contribution < 1.29 is 27.3 Å². The molecule has 0 radical (unpaired) electrons. The number of anilines is 1. The highest BCUT2D eigenvalue weighted by atomic mass is 32.2. The van der Waals surface area contributed by atoms with Crippen LogP contribution in [0.25, 0.3) is 0 Å². The van der Waals surface area contributed by atoms with Crippen LogP contribution in [0, 0.1) is 10.1 Å². The van der Waals surface area contributed by atoms with Crippen molar-refractivity contribution in [3.05, 3.63) is 118 Å². The number of sulfonamides is 1. The molecule has 1 aliphatic heterocycles. The van der Waals surface area contributed by atoms with Crippen molar-refractivity contribution >= 4 is 33.2 Å². The van der Waals surface area contributed by atoms with Crippen LogP contribution in [-0.4, -0.2) is 25.1 Å². The molecule has 0 bridgehead atoms. The van der Waals surface area contributed by atoms with Gasteiger partial charge in [0.15, 0.2) is 5.84 Å². The molecule has 0 saturated carbocycles. The Morgan fingerprint density at radius 3 is 2.36 bits per heavy atom. The van der Waals surface area contributed by atoms with Crippen LogP contribution < -0.4 is 9.64 Å². The summed E-state index contributed by atoms with van der Waals surface area (Å²) in [6.07, 6.45) is 1.52. The summed E-state index contributed by atoms with van der Waals surface area (Å²) < 4.78 is 40.2.